The number of piperidine rings is 1. The van der Waals surface area contributed by atoms with Crippen molar-refractivity contribution in [3.05, 3.63) is 53.9 Å². The van der Waals surface area contributed by atoms with Gasteiger partial charge in [0, 0.05) is 31.5 Å². The fourth-order valence-corrected chi connectivity index (χ4v) is 3.26. The van der Waals surface area contributed by atoms with Gasteiger partial charge in [-0.25, -0.2) is 0 Å². The fraction of sp³-hybridized carbons (Fsp3) is 0.400. The third-order valence-corrected chi connectivity index (χ3v) is 4.57. The van der Waals surface area contributed by atoms with E-state index in [1.54, 1.807) is 6.20 Å². The zero-order valence-corrected chi connectivity index (χ0v) is 14.5. The van der Waals surface area contributed by atoms with E-state index in [-0.39, 0.29) is 5.91 Å². The van der Waals surface area contributed by atoms with E-state index < -0.39 is 0 Å². The van der Waals surface area contributed by atoms with Gasteiger partial charge in [-0.05, 0) is 56.9 Å². The second-order valence-electron chi connectivity index (χ2n) is 6.37. The van der Waals surface area contributed by atoms with Gasteiger partial charge in [-0.2, -0.15) is 0 Å². The maximum absolute atomic E-state index is 13.0. The minimum absolute atomic E-state index is 0.00876. The smallest absolute Gasteiger partial charge is 0.259 e. The lowest BCUT2D eigenvalue weighted by molar-refractivity contribution is 0.0988. The summed E-state index contributed by atoms with van der Waals surface area (Å²) in [5, 5.41) is 0. The van der Waals surface area contributed by atoms with Crippen LogP contribution in [0.3, 0.4) is 0 Å². The van der Waals surface area contributed by atoms with Gasteiger partial charge in [-0.3, -0.25) is 9.78 Å². The summed E-state index contributed by atoms with van der Waals surface area (Å²) >= 11 is 0. The van der Waals surface area contributed by atoms with Crippen molar-refractivity contribution in [3.8, 4) is 0 Å². The molecule has 4 heteroatoms. The summed E-state index contributed by atoms with van der Waals surface area (Å²) in [6, 6.07) is 10.0. The van der Waals surface area contributed by atoms with Crippen molar-refractivity contribution in [1.29, 1.82) is 0 Å². The summed E-state index contributed by atoms with van der Waals surface area (Å²) < 4.78 is 0. The average Bonchev–Trinajstić information content (AvgIpc) is 2.63. The first kappa shape index (κ1) is 16.5. The van der Waals surface area contributed by atoms with Crippen molar-refractivity contribution >= 4 is 17.3 Å². The van der Waals surface area contributed by atoms with Crippen LogP contribution in [0.4, 0.5) is 11.4 Å². The first-order valence-corrected chi connectivity index (χ1v) is 8.77. The number of nitrogens with zero attached hydrogens (tertiary/aromatic N) is 3. The van der Waals surface area contributed by atoms with Gasteiger partial charge in [-0.1, -0.05) is 12.1 Å². The monoisotopic (exact) mass is 323 g/mol. The number of amides is 1. The van der Waals surface area contributed by atoms with Crippen molar-refractivity contribution < 1.29 is 4.79 Å². The molecule has 1 fully saturated rings. The van der Waals surface area contributed by atoms with Crippen LogP contribution in [0.1, 0.15) is 42.1 Å². The number of aryl methyl sites for hydroxylation is 1. The molecule has 0 aliphatic carbocycles. The Morgan fingerprint density at radius 3 is 2.67 bits per heavy atom. The number of hydrogen-bond donors (Lipinski definition) is 0. The molecule has 0 spiro atoms. The van der Waals surface area contributed by atoms with E-state index >= 15 is 0 Å². The maximum atomic E-state index is 13.0. The summed E-state index contributed by atoms with van der Waals surface area (Å²) in [4.78, 5) is 21.4. The van der Waals surface area contributed by atoms with Gasteiger partial charge in [0.25, 0.3) is 5.91 Å². The minimum atomic E-state index is 0.00876. The molecule has 126 valence electrons. The summed E-state index contributed by atoms with van der Waals surface area (Å²) in [7, 11) is 0. The van der Waals surface area contributed by atoms with E-state index in [1.807, 2.05) is 55.3 Å². The molecule has 2 aromatic rings. The molecule has 0 unspecified atom stereocenters. The molecule has 2 heterocycles. The summed E-state index contributed by atoms with van der Waals surface area (Å²) in [5.41, 5.74) is 3.80. The molecule has 24 heavy (non-hydrogen) atoms. The average molecular weight is 323 g/mol. The zero-order valence-electron chi connectivity index (χ0n) is 14.5. The molecule has 1 aliphatic rings. The van der Waals surface area contributed by atoms with Crippen LogP contribution in [0.5, 0.6) is 0 Å². The number of carbonyl (C=O) groups is 1. The van der Waals surface area contributed by atoms with E-state index in [9.17, 15) is 4.79 Å². The van der Waals surface area contributed by atoms with Crippen LogP contribution < -0.4 is 9.80 Å². The quantitative estimate of drug-likeness (QED) is 0.852. The number of rotatable bonds is 4. The van der Waals surface area contributed by atoms with Gasteiger partial charge in [0.05, 0.1) is 17.4 Å². The molecule has 0 N–H and O–H groups in total. The Labute approximate surface area is 144 Å². The van der Waals surface area contributed by atoms with E-state index in [4.69, 9.17) is 0 Å². The van der Waals surface area contributed by atoms with Crippen LogP contribution in [0.2, 0.25) is 0 Å². The van der Waals surface area contributed by atoms with Crippen LogP contribution in [-0.2, 0) is 0 Å². The van der Waals surface area contributed by atoms with Crippen LogP contribution in [-0.4, -0.2) is 30.5 Å². The van der Waals surface area contributed by atoms with Crippen LogP contribution >= 0.6 is 0 Å². The molecule has 0 bridgehead atoms. The lowest BCUT2D eigenvalue weighted by atomic mass is 10.1. The Morgan fingerprint density at radius 1 is 1.17 bits per heavy atom. The molecule has 1 aromatic heterocycles. The second-order valence-corrected chi connectivity index (χ2v) is 6.37. The van der Waals surface area contributed by atoms with Gasteiger partial charge in [-0.15, -0.1) is 0 Å². The first-order chi connectivity index (χ1) is 11.7. The number of hydrogen-bond acceptors (Lipinski definition) is 3. The van der Waals surface area contributed by atoms with Gasteiger partial charge in [0.1, 0.15) is 0 Å². The fourth-order valence-electron chi connectivity index (χ4n) is 3.26. The Morgan fingerprint density at radius 2 is 1.96 bits per heavy atom. The lowest BCUT2D eigenvalue weighted by Crippen LogP contribution is -2.32. The van der Waals surface area contributed by atoms with Crippen LogP contribution in [0, 0.1) is 6.92 Å². The molecule has 0 atom stereocenters. The number of aromatic nitrogens is 1. The highest BCUT2D eigenvalue weighted by molar-refractivity contribution is 6.06. The Kier molecular flexibility index (Phi) is 5.14. The minimum Gasteiger partial charge on any atom is -0.370 e. The predicted octanol–water partition coefficient (Wildman–Crippen LogP) is 4.05. The molecule has 0 saturated carbocycles. The van der Waals surface area contributed by atoms with Crippen molar-refractivity contribution in [2.75, 3.05) is 29.4 Å². The van der Waals surface area contributed by atoms with Crippen molar-refractivity contribution in [1.82, 2.24) is 4.98 Å². The molecule has 4 nitrogen and oxygen atoms in total. The number of anilines is 2. The second kappa shape index (κ2) is 7.47. The molecule has 3 rings (SSSR count). The third kappa shape index (κ3) is 3.58. The molecule has 0 radical (unpaired) electrons. The maximum Gasteiger partial charge on any atom is 0.259 e. The molecule has 1 aromatic carbocycles. The SMILES string of the molecule is CCN(C(=O)c1cncc(N2CCCCC2)c1)c1cccc(C)c1. The zero-order chi connectivity index (χ0) is 16.9. The largest absolute Gasteiger partial charge is 0.370 e. The third-order valence-electron chi connectivity index (χ3n) is 4.57. The van der Waals surface area contributed by atoms with Crippen LogP contribution in [0.25, 0.3) is 0 Å². The Balaban J connectivity index is 1.85. The van der Waals surface area contributed by atoms with Gasteiger partial charge in [0.15, 0.2) is 0 Å². The van der Waals surface area contributed by atoms with Crippen molar-refractivity contribution in [3.63, 3.8) is 0 Å². The van der Waals surface area contributed by atoms with E-state index in [0.29, 0.717) is 12.1 Å². The lowest BCUT2D eigenvalue weighted by Gasteiger charge is -2.29. The van der Waals surface area contributed by atoms with Crippen molar-refractivity contribution in [2.24, 2.45) is 0 Å². The standard InChI is InChI=1S/C20H25N3O/c1-3-23(18-9-7-8-16(2)12-18)20(24)17-13-19(15-21-14-17)22-10-5-4-6-11-22/h7-9,12-15H,3-6,10-11H2,1-2H3. The molecular weight excluding hydrogens is 298 g/mol. The van der Waals surface area contributed by atoms with Crippen molar-refractivity contribution in [2.45, 2.75) is 33.1 Å². The van der Waals surface area contributed by atoms with Gasteiger partial charge >= 0.3 is 0 Å². The molecule has 1 aliphatic heterocycles. The first-order valence-electron chi connectivity index (χ1n) is 8.77. The van der Waals surface area contributed by atoms with Gasteiger partial charge < -0.3 is 9.80 Å². The summed E-state index contributed by atoms with van der Waals surface area (Å²) in [5.74, 6) is 0.00876. The Bertz CT molecular complexity index is 708. The highest BCUT2D eigenvalue weighted by Gasteiger charge is 2.19. The number of pyridine rings is 1. The molecular formula is C20H25N3O. The molecule has 1 amide bonds. The van der Waals surface area contributed by atoms with Crippen LogP contribution in [0.15, 0.2) is 42.7 Å². The number of benzene rings is 1. The van der Waals surface area contributed by atoms with E-state index in [1.165, 1.54) is 19.3 Å². The molecule has 1 saturated heterocycles. The summed E-state index contributed by atoms with van der Waals surface area (Å²) in [6.45, 7) is 6.78. The van der Waals surface area contributed by atoms with E-state index in [0.717, 1.165) is 30.0 Å². The highest BCUT2D eigenvalue weighted by Crippen LogP contribution is 2.22. The highest BCUT2D eigenvalue weighted by atomic mass is 16.2. The normalized spacial score (nSPS) is 14.5. The topological polar surface area (TPSA) is 36.4 Å². The number of carbonyl (C=O) groups excluding carboxylic acids is 1. The Hall–Kier alpha value is -2.36. The van der Waals surface area contributed by atoms with Gasteiger partial charge in [0.2, 0.25) is 0 Å². The summed E-state index contributed by atoms with van der Waals surface area (Å²) in [6.07, 6.45) is 7.25. The predicted molar refractivity (Wildman–Crippen MR) is 98.8 cm³/mol. The van der Waals surface area contributed by atoms with E-state index in [2.05, 4.69) is 9.88 Å².